The second-order valence-corrected chi connectivity index (χ2v) is 7.16. The molecule has 26 heavy (non-hydrogen) atoms. The van der Waals surface area contributed by atoms with Crippen LogP contribution in [0.4, 0.5) is 0 Å². The smallest absolute Gasteiger partial charge is 0.191 e. The summed E-state index contributed by atoms with van der Waals surface area (Å²) in [6.07, 6.45) is 4.70. The molecule has 0 aliphatic heterocycles. The minimum absolute atomic E-state index is 0. The van der Waals surface area contributed by atoms with Crippen molar-refractivity contribution in [2.75, 3.05) is 19.6 Å². The van der Waals surface area contributed by atoms with E-state index in [2.05, 4.69) is 26.0 Å². The molecule has 0 aromatic carbocycles. The Labute approximate surface area is 176 Å². The zero-order valence-corrected chi connectivity index (χ0v) is 18.8. The minimum Gasteiger partial charge on any atom is -0.466 e. The van der Waals surface area contributed by atoms with Gasteiger partial charge in [0.2, 0.25) is 0 Å². The standard InChI is InChI=1S/C18H28N4O2S.HI/c1-4-19-17(21-13-18(3,23)15-8-7-11-24-15)20-10-6-5-9-16-22-14(2)12-25-16;/h7-8,11-12,23H,4-6,9-10,13H2,1-3H3,(H2,19,20,21);1H. The van der Waals surface area contributed by atoms with Crippen LogP contribution in [0.5, 0.6) is 0 Å². The van der Waals surface area contributed by atoms with Gasteiger partial charge in [-0.15, -0.1) is 35.3 Å². The van der Waals surface area contributed by atoms with Gasteiger partial charge in [-0.1, -0.05) is 0 Å². The van der Waals surface area contributed by atoms with Crippen LogP contribution < -0.4 is 10.6 Å². The van der Waals surface area contributed by atoms with Crippen LogP contribution in [0.1, 0.15) is 43.2 Å². The lowest BCUT2D eigenvalue weighted by Crippen LogP contribution is -2.39. The van der Waals surface area contributed by atoms with Gasteiger partial charge >= 0.3 is 0 Å². The fourth-order valence-electron chi connectivity index (χ4n) is 2.36. The number of aliphatic hydroxyl groups is 1. The van der Waals surface area contributed by atoms with Crippen molar-refractivity contribution in [1.82, 2.24) is 15.6 Å². The number of aliphatic imine (C=N–C) groups is 1. The average molecular weight is 492 g/mol. The van der Waals surface area contributed by atoms with Crippen molar-refractivity contribution < 1.29 is 9.52 Å². The van der Waals surface area contributed by atoms with Crippen molar-refractivity contribution in [2.45, 2.75) is 45.6 Å². The molecule has 0 aliphatic carbocycles. The van der Waals surface area contributed by atoms with Crippen LogP contribution >= 0.6 is 35.3 Å². The van der Waals surface area contributed by atoms with Crippen LogP contribution in [0.2, 0.25) is 0 Å². The minimum atomic E-state index is -1.12. The molecule has 146 valence electrons. The van der Waals surface area contributed by atoms with Gasteiger partial charge in [0.1, 0.15) is 11.4 Å². The van der Waals surface area contributed by atoms with Gasteiger partial charge in [-0.25, -0.2) is 9.98 Å². The van der Waals surface area contributed by atoms with Gasteiger partial charge in [0.15, 0.2) is 5.96 Å². The summed E-state index contributed by atoms with van der Waals surface area (Å²) in [7, 11) is 0. The maximum atomic E-state index is 10.5. The quantitative estimate of drug-likeness (QED) is 0.216. The fourth-order valence-corrected chi connectivity index (χ4v) is 3.18. The summed E-state index contributed by atoms with van der Waals surface area (Å²) < 4.78 is 5.28. The maximum absolute atomic E-state index is 10.5. The summed E-state index contributed by atoms with van der Waals surface area (Å²) in [6.45, 7) is 7.58. The Morgan fingerprint density at radius 2 is 2.19 bits per heavy atom. The maximum Gasteiger partial charge on any atom is 0.191 e. The average Bonchev–Trinajstić information content (AvgIpc) is 3.24. The lowest BCUT2D eigenvalue weighted by Gasteiger charge is -2.19. The number of nitrogens with one attached hydrogen (secondary N) is 2. The highest BCUT2D eigenvalue weighted by Gasteiger charge is 2.25. The third-order valence-corrected chi connectivity index (χ3v) is 4.74. The van der Waals surface area contributed by atoms with Crippen LogP contribution in [0.3, 0.4) is 0 Å². The summed E-state index contributed by atoms with van der Waals surface area (Å²) in [5.74, 6) is 1.23. The first-order valence-electron chi connectivity index (χ1n) is 8.71. The molecule has 0 fully saturated rings. The number of guanidine groups is 1. The summed E-state index contributed by atoms with van der Waals surface area (Å²) in [6, 6.07) is 3.52. The second-order valence-electron chi connectivity index (χ2n) is 6.21. The summed E-state index contributed by atoms with van der Waals surface area (Å²) >= 11 is 1.73. The molecular formula is C18H29IN4O2S. The molecular weight excluding hydrogens is 463 g/mol. The van der Waals surface area contributed by atoms with E-state index in [0.29, 0.717) is 11.7 Å². The van der Waals surface area contributed by atoms with Crippen molar-refractivity contribution in [3.8, 4) is 0 Å². The van der Waals surface area contributed by atoms with Crippen LogP contribution in [-0.4, -0.2) is 35.7 Å². The first kappa shape index (κ1) is 22.9. The van der Waals surface area contributed by atoms with Crippen molar-refractivity contribution in [3.63, 3.8) is 0 Å². The van der Waals surface area contributed by atoms with Crippen molar-refractivity contribution in [2.24, 2.45) is 4.99 Å². The van der Waals surface area contributed by atoms with Crippen LogP contribution in [0.25, 0.3) is 0 Å². The number of halogens is 1. The topological polar surface area (TPSA) is 82.7 Å². The molecule has 2 aromatic rings. The number of thiazole rings is 1. The highest BCUT2D eigenvalue weighted by Crippen LogP contribution is 2.21. The van der Waals surface area contributed by atoms with E-state index in [1.165, 1.54) is 5.01 Å². The lowest BCUT2D eigenvalue weighted by atomic mass is 10.0. The number of furan rings is 1. The Bertz CT molecular complexity index is 656. The number of hydrogen-bond acceptors (Lipinski definition) is 5. The lowest BCUT2D eigenvalue weighted by molar-refractivity contribution is 0.0437. The van der Waals surface area contributed by atoms with Gasteiger partial charge in [0, 0.05) is 24.2 Å². The Morgan fingerprint density at radius 1 is 1.38 bits per heavy atom. The van der Waals surface area contributed by atoms with Gasteiger partial charge in [0.25, 0.3) is 0 Å². The molecule has 0 aliphatic rings. The number of aromatic nitrogens is 1. The van der Waals surface area contributed by atoms with Gasteiger partial charge < -0.3 is 20.2 Å². The van der Waals surface area contributed by atoms with E-state index in [0.717, 1.165) is 38.0 Å². The summed E-state index contributed by atoms with van der Waals surface area (Å²) in [4.78, 5) is 8.95. The molecule has 0 spiro atoms. The molecule has 2 heterocycles. The Balaban J connectivity index is 0.00000338. The normalized spacial score (nSPS) is 13.8. The first-order valence-corrected chi connectivity index (χ1v) is 9.59. The third kappa shape index (κ3) is 7.63. The highest BCUT2D eigenvalue weighted by atomic mass is 127. The van der Waals surface area contributed by atoms with Gasteiger partial charge in [-0.05, 0) is 52.2 Å². The number of nitrogens with zero attached hydrogens (tertiary/aromatic N) is 2. The molecule has 2 aromatic heterocycles. The summed E-state index contributed by atoms with van der Waals surface area (Å²) in [5, 5.41) is 20.3. The van der Waals surface area contributed by atoms with Gasteiger partial charge in [-0.2, -0.15) is 0 Å². The molecule has 0 radical (unpaired) electrons. The zero-order valence-electron chi connectivity index (χ0n) is 15.6. The van der Waals surface area contributed by atoms with Crippen LogP contribution in [-0.2, 0) is 12.0 Å². The van der Waals surface area contributed by atoms with Crippen molar-refractivity contribution in [3.05, 3.63) is 40.2 Å². The molecule has 0 bridgehead atoms. The van der Waals surface area contributed by atoms with E-state index in [1.54, 1.807) is 36.7 Å². The third-order valence-electron chi connectivity index (χ3n) is 3.72. The van der Waals surface area contributed by atoms with E-state index >= 15 is 0 Å². The SMILES string of the molecule is CCNC(=NCC(C)(O)c1ccco1)NCCCCc1nc(C)cs1.I. The molecule has 1 unspecified atom stereocenters. The number of unbranched alkanes of at least 4 members (excludes halogenated alkanes) is 1. The first-order chi connectivity index (χ1) is 12.0. The zero-order chi connectivity index (χ0) is 18.1. The largest absolute Gasteiger partial charge is 0.466 e. The molecule has 6 nitrogen and oxygen atoms in total. The molecule has 3 N–H and O–H groups in total. The Kier molecular flexibility index (Phi) is 10.2. The molecule has 0 saturated carbocycles. The van der Waals surface area contributed by atoms with Gasteiger partial charge in [0.05, 0.1) is 17.8 Å². The van der Waals surface area contributed by atoms with Crippen LogP contribution in [0.15, 0.2) is 33.2 Å². The van der Waals surface area contributed by atoms with Gasteiger partial charge in [-0.3, -0.25) is 0 Å². The molecule has 2 rings (SSSR count). The Morgan fingerprint density at radius 3 is 2.81 bits per heavy atom. The van der Waals surface area contributed by atoms with Crippen molar-refractivity contribution >= 4 is 41.3 Å². The van der Waals surface area contributed by atoms with Crippen LogP contribution in [0, 0.1) is 6.92 Å². The van der Waals surface area contributed by atoms with E-state index in [1.807, 2.05) is 13.8 Å². The van der Waals surface area contributed by atoms with Crippen molar-refractivity contribution in [1.29, 1.82) is 0 Å². The van der Waals surface area contributed by atoms with E-state index < -0.39 is 5.60 Å². The predicted octanol–water partition coefficient (Wildman–Crippen LogP) is 3.45. The summed E-state index contributed by atoms with van der Waals surface area (Å²) in [5.41, 5.74) is -0.0162. The second kappa shape index (κ2) is 11.6. The molecule has 8 heteroatoms. The monoisotopic (exact) mass is 492 g/mol. The number of hydrogen-bond donors (Lipinski definition) is 3. The van der Waals surface area contributed by atoms with E-state index in [-0.39, 0.29) is 30.5 Å². The van der Waals surface area contributed by atoms with E-state index in [9.17, 15) is 5.11 Å². The number of aryl methyl sites for hydroxylation is 2. The molecule has 1 atom stereocenters. The molecule has 0 amide bonds. The molecule has 0 saturated heterocycles. The van der Waals surface area contributed by atoms with E-state index in [4.69, 9.17) is 4.42 Å². The fraction of sp³-hybridized carbons (Fsp3) is 0.556. The highest BCUT2D eigenvalue weighted by molar-refractivity contribution is 14.0. The number of rotatable bonds is 9. The predicted molar refractivity (Wildman–Crippen MR) is 117 cm³/mol. The Hall–Kier alpha value is -1.13.